The van der Waals surface area contributed by atoms with E-state index in [1.165, 1.54) is 0 Å². The topological polar surface area (TPSA) is 71.3 Å². The van der Waals surface area contributed by atoms with Gasteiger partial charge in [0.25, 0.3) is 11.5 Å². The van der Waals surface area contributed by atoms with E-state index in [-0.39, 0.29) is 17.4 Å². The SMILES string of the molecule is C[C@@H]1Cc2cccc3c(O)c(C(=O)Nc4ccccc4Cl)c(=O)n1c23. The fraction of sp³-hybridized carbons (Fsp3) is 0.158. The van der Waals surface area contributed by atoms with E-state index in [0.717, 1.165) is 5.56 Å². The fourth-order valence-corrected chi connectivity index (χ4v) is 3.65. The van der Waals surface area contributed by atoms with Crippen LogP contribution in [0.3, 0.4) is 0 Å². The Hall–Kier alpha value is -2.79. The van der Waals surface area contributed by atoms with Crippen molar-refractivity contribution in [3.05, 3.63) is 69.0 Å². The molecule has 2 N–H and O–H groups in total. The molecule has 0 radical (unpaired) electrons. The predicted molar refractivity (Wildman–Crippen MR) is 97.7 cm³/mol. The van der Waals surface area contributed by atoms with Crippen molar-refractivity contribution in [1.82, 2.24) is 4.57 Å². The zero-order valence-electron chi connectivity index (χ0n) is 13.4. The number of anilines is 1. The lowest BCUT2D eigenvalue weighted by Gasteiger charge is -2.14. The van der Waals surface area contributed by atoms with Gasteiger partial charge < -0.3 is 15.0 Å². The molecule has 0 fully saturated rings. The normalized spacial score (nSPS) is 15.5. The number of nitrogens with one attached hydrogen (secondary N) is 1. The summed E-state index contributed by atoms with van der Waals surface area (Å²) >= 11 is 6.06. The molecule has 1 aliphatic heterocycles. The monoisotopic (exact) mass is 354 g/mol. The zero-order valence-corrected chi connectivity index (χ0v) is 14.2. The summed E-state index contributed by atoms with van der Waals surface area (Å²) in [6.07, 6.45) is 0.696. The van der Waals surface area contributed by atoms with Crippen molar-refractivity contribution in [2.45, 2.75) is 19.4 Å². The van der Waals surface area contributed by atoms with Gasteiger partial charge in [0.2, 0.25) is 0 Å². The third-order valence-corrected chi connectivity index (χ3v) is 4.92. The molecule has 5 nitrogen and oxygen atoms in total. The standard InChI is InChI=1S/C19H15ClN2O3/c1-10-9-11-5-4-6-12-16(11)22(10)19(25)15(17(12)23)18(24)21-14-8-3-2-7-13(14)20/h2-8,10,23H,9H2,1H3,(H,21,24)/t10-/m1/s1. The quantitative estimate of drug-likeness (QED) is 0.736. The van der Waals surface area contributed by atoms with Crippen LogP contribution in [0.5, 0.6) is 5.75 Å². The maximum Gasteiger partial charge on any atom is 0.268 e. The Labute approximate surface area is 148 Å². The number of benzene rings is 2. The minimum atomic E-state index is -0.675. The molecule has 126 valence electrons. The second-order valence-electron chi connectivity index (χ2n) is 6.20. The number of amides is 1. The van der Waals surface area contributed by atoms with Crippen molar-refractivity contribution >= 4 is 34.1 Å². The van der Waals surface area contributed by atoms with Gasteiger partial charge >= 0.3 is 0 Å². The Kier molecular flexibility index (Phi) is 3.54. The van der Waals surface area contributed by atoms with Crippen LogP contribution in [-0.4, -0.2) is 15.6 Å². The van der Waals surface area contributed by atoms with Crippen molar-refractivity contribution < 1.29 is 9.90 Å². The lowest BCUT2D eigenvalue weighted by atomic mass is 10.1. The Morgan fingerprint density at radius 3 is 2.76 bits per heavy atom. The molecule has 0 unspecified atom stereocenters. The summed E-state index contributed by atoms with van der Waals surface area (Å²) in [5.74, 6) is -0.970. The van der Waals surface area contributed by atoms with Crippen LogP contribution < -0.4 is 10.9 Å². The first-order chi connectivity index (χ1) is 12.0. The van der Waals surface area contributed by atoms with Crippen molar-refractivity contribution in [2.75, 3.05) is 5.32 Å². The molecule has 25 heavy (non-hydrogen) atoms. The lowest BCUT2D eigenvalue weighted by molar-refractivity contribution is 0.102. The Balaban J connectivity index is 1.91. The van der Waals surface area contributed by atoms with Crippen LogP contribution in [0.2, 0.25) is 5.02 Å². The van der Waals surface area contributed by atoms with E-state index in [1.807, 2.05) is 19.1 Å². The van der Waals surface area contributed by atoms with E-state index in [9.17, 15) is 14.7 Å². The smallest absolute Gasteiger partial charge is 0.268 e. The number of aromatic hydroxyl groups is 1. The van der Waals surface area contributed by atoms with Gasteiger partial charge in [0.1, 0.15) is 11.3 Å². The minimum Gasteiger partial charge on any atom is -0.506 e. The summed E-state index contributed by atoms with van der Waals surface area (Å²) in [7, 11) is 0. The van der Waals surface area contributed by atoms with Gasteiger partial charge in [-0.05, 0) is 37.1 Å². The molecule has 1 aromatic heterocycles. The molecule has 0 bridgehead atoms. The highest BCUT2D eigenvalue weighted by molar-refractivity contribution is 6.34. The summed E-state index contributed by atoms with van der Waals surface area (Å²) in [5.41, 5.74) is 1.32. The number of aromatic nitrogens is 1. The Bertz CT molecular complexity index is 1090. The summed E-state index contributed by atoms with van der Waals surface area (Å²) < 4.78 is 1.59. The van der Waals surface area contributed by atoms with E-state index in [1.54, 1.807) is 34.9 Å². The molecule has 0 aliphatic carbocycles. The highest BCUT2D eigenvalue weighted by atomic mass is 35.5. The number of hydrogen-bond acceptors (Lipinski definition) is 3. The van der Waals surface area contributed by atoms with Crippen molar-refractivity contribution in [3.8, 4) is 5.75 Å². The third-order valence-electron chi connectivity index (χ3n) is 4.59. The van der Waals surface area contributed by atoms with Crippen LogP contribution in [0.1, 0.15) is 28.9 Å². The number of hydrogen-bond donors (Lipinski definition) is 2. The number of carbonyl (C=O) groups excluding carboxylic acids is 1. The second kappa shape index (κ2) is 5.63. The van der Waals surface area contributed by atoms with Crippen LogP contribution in [0, 0.1) is 0 Å². The number of carbonyl (C=O) groups is 1. The molecule has 1 atom stereocenters. The summed E-state index contributed by atoms with van der Waals surface area (Å²) in [6.45, 7) is 1.92. The van der Waals surface area contributed by atoms with Crippen LogP contribution in [-0.2, 0) is 6.42 Å². The Morgan fingerprint density at radius 2 is 2.00 bits per heavy atom. The first-order valence-electron chi connectivity index (χ1n) is 7.94. The van der Waals surface area contributed by atoms with E-state index in [4.69, 9.17) is 11.6 Å². The molecule has 1 amide bonds. The van der Waals surface area contributed by atoms with Gasteiger partial charge in [0.15, 0.2) is 0 Å². The molecular formula is C19H15ClN2O3. The van der Waals surface area contributed by atoms with Gasteiger partial charge in [0, 0.05) is 11.4 Å². The average molecular weight is 355 g/mol. The van der Waals surface area contributed by atoms with Gasteiger partial charge in [-0.1, -0.05) is 35.9 Å². The van der Waals surface area contributed by atoms with Crippen LogP contribution in [0.15, 0.2) is 47.3 Å². The lowest BCUT2D eigenvalue weighted by Crippen LogP contribution is -2.30. The maximum atomic E-state index is 12.9. The molecule has 4 rings (SSSR count). The van der Waals surface area contributed by atoms with Crippen molar-refractivity contribution in [2.24, 2.45) is 0 Å². The molecule has 0 saturated carbocycles. The largest absolute Gasteiger partial charge is 0.506 e. The average Bonchev–Trinajstić information content (AvgIpc) is 2.92. The van der Waals surface area contributed by atoms with Crippen LogP contribution >= 0.6 is 11.6 Å². The zero-order chi connectivity index (χ0) is 17.7. The van der Waals surface area contributed by atoms with Gasteiger partial charge in [-0.25, -0.2) is 0 Å². The van der Waals surface area contributed by atoms with Gasteiger partial charge in [0.05, 0.1) is 16.2 Å². The highest BCUT2D eigenvalue weighted by Crippen LogP contribution is 2.36. The van der Waals surface area contributed by atoms with Crippen molar-refractivity contribution in [1.29, 1.82) is 0 Å². The number of halogens is 1. The third kappa shape index (κ3) is 2.31. The first kappa shape index (κ1) is 15.7. The number of para-hydroxylation sites is 2. The summed E-state index contributed by atoms with van der Waals surface area (Å²) in [4.78, 5) is 25.6. The highest BCUT2D eigenvalue weighted by Gasteiger charge is 2.29. The molecule has 2 aromatic carbocycles. The van der Waals surface area contributed by atoms with E-state index >= 15 is 0 Å². The van der Waals surface area contributed by atoms with Gasteiger partial charge in [-0.2, -0.15) is 0 Å². The van der Waals surface area contributed by atoms with E-state index in [2.05, 4.69) is 5.32 Å². The molecule has 0 saturated heterocycles. The molecule has 1 aliphatic rings. The number of pyridine rings is 1. The fourth-order valence-electron chi connectivity index (χ4n) is 3.47. The van der Waals surface area contributed by atoms with Gasteiger partial charge in [-0.3, -0.25) is 9.59 Å². The van der Waals surface area contributed by atoms with E-state index in [0.29, 0.717) is 28.0 Å². The van der Waals surface area contributed by atoms with Gasteiger partial charge in [-0.15, -0.1) is 0 Å². The number of nitrogens with zero attached hydrogens (tertiary/aromatic N) is 1. The molecule has 2 heterocycles. The van der Waals surface area contributed by atoms with Crippen molar-refractivity contribution in [3.63, 3.8) is 0 Å². The molecular weight excluding hydrogens is 340 g/mol. The van der Waals surface area contributed by atoms with Crippen LogP contribution in [0.4, 0.5) is 5.69 Å². The summed E-state index contributed by atoms with van der Waals surface area (Å²) in [5, 5.41) is 14.1. The minimum absolute atomic E-state index is 0.0696. The molecule has 3 aromatic rings. The van der Waals surface area contributed by atoms with E-state index < -0.39 is 11.5 Å². The second-order valence-corrected chi connectivity index (χ2v) is 6.61. The Morgan fingerprint density at radius 1 is 1.24 bits per heavy atom. The van der Waals surface area contributed by atoms with Crippen LogP contribution in [0.25, 0.3) is 10.9 Å². The number of rotatable bonds is 2. The first-order valence-corrected chi connectivity index (χ1v) is 8.31. The predicted octanol–water partition coefficient (Wildman–Crippen LogP) is 3.73. The summed E-state index contributed by atoms with van der Waals surface area (Å²) in [6, 6.07) is 12.1. The molecule has 0 spiro atoms. The molecule has 6 heteroatoms. The maximum absolute atomic E-state index is 12.9.